The summed E-state index contributed by atoms with van der Waals surface area (Å²) in [5.41, 5.74) is 3.02. The Kier molecular flexibility index (Phi) is 13.7. The Labute approximate surface area is 230 Å². The lowest BCUT2D eigenvalue weighted by atomic mass is 10.1. The monoisotopic (exact) mass is 518 g/mol. The number of nitrogens with zero attached hydrogens (tertiary/aromatic N) is 2. The topological polar surface area (TPSA) is 53.5 Å². The van der Waals surface area contributed by atoms with Crippen LogP contribution in [-0.2, 0) is 4.74 Å². The van der Waals surface area contributed by atoms with Gasteiger partial charge in [-0.25, -0.2) is 9.97 Å². The van der Waals surface area contributed by atoms with E-state index < -0.39 is 0 Å². The molecule has 2 aromatic carbocycles. The molecule has 0 radical (unpaired) electrons. The second kappa shape index (κ2) is 17.6. The molecule has 0 aliphatic rings. The highest BCUT2D eigenvalue weighted by atomic mass is 16.5. The molecule has 0 aliphatic carbocycles. The van der Waals surface area contributed by atoms with E-state index in [0.29, 0.717) is 12.4 Å². The minimum absolute atomic E-state index is 0.0749. The van der Waals surface area contributed by atoms with E-state index in [0.717, 1.165) is 54.2 Å². The van der Waals surface area contributed by atoms with E-state index >= 15 is 0 Å². The SMILES string of the molecule is CCCCCCCCCCCOc1ccc(-c2cnc(-c3ccc(OCC(C)OCCC)cc3)nc2)cc1. The molecule has 0 aliphatic heterocycles. The quantitative estimate of drug-likeness (QED) is 0.148. The summed E-state index contributed by atoms with van der Waals surface area (Å²) >= 11 is 0. The van der Waals surface area contributed by atoms with Gasteiger partial charge in [0.15, 0.2) is 5.82 Å². The highest BCUT2D eigenvalue weighted by Crippen LogP contribution is 2.24. The minimum atomic E-state index is 0.0749. The van der Waals surface area contributed by atoms with Gasteiger partial charge in [-0.05, 0) is 61.7 Å². The predicted molar refractivity (Wildman–Crippen MR) is 157 cm³/mol. The van der Waals surface area contributed by atoms with Crippen LogP contribution in [-0.4, -0.2) is 35.9 Å². The first-order valence-electron chi connectivity index (χ1n) is 14.6. The van der Waals surface area contributed by atoms with E-state index in [1.54, 1.807) is 0 Å². The number of aromatic nitrogens is 2. The number of benzene rings is 2. The van der Waals surface area contributed by atoms with Gasteiger partial charge in [-0.2, -0.15) is 0 Å². The molecule has 0 saturated carbocycles. The van der Waals surface area contributed by atoms with Crippen molar-refractivity contribution < 1.29 is 14.2 Å². The average molecular weight is 519 g/mol. The first-order chi connectivity index (χ1) is 18.7. The summed E-state index contributed by atoms with van der Waals surface area (Å²) in [6.45, 7) is 8.47. The largest absolute Gasteiger partial charge is 0.494 e. The van der Waals surface area contributed by atoms with E-state index in [-0.39, 0.29) is 6.10 Å². The molecule has 206 valence electrons. The molecular weight excluding hydrogens is 472 g/mol. The van der Waals surface area contributed by atoms with Gasteiger partial charge in [-0.15, -0.1) is 0 Å². The average Bonchev–Trinajstić information content (AvgIpc) is 2.96. The van der Waals surface area contributed by atoms with Gasteiger partial charge >= 0.3 is 0 Å². The van der Waals surface area contributed by atoms with Crippen LogP contribution in [0.1, 0.15) is 85.0 Å². The van der Waals surface area contributed by atoms with E-state index in [1.165, 1.54) is 51.4 Å². The molecule has 0 fully saturated rings. The maximum atomic E-state index is 5.94. The van der Waals surface area contributed by atoms with Crippen molar-refractivity contribution in [2.24, 2.45) is 0 Å². The van der Waals surface area contributed by atoms with Gasteiger partial charge in [-0.1, -0.05) is 77.3 Å². The van der Waals surface area contributed by atoms with Crippen LogP contribution < -0.4 is 9.47 Å². The molecule has 5 nitrogen and oxygen atoms in total. The molecule has 1 atom stereocenters. The molecule has 3 rings (SSSR count). The lowest BCUT2D eigenvalue weighted by Gasteiger charge is -2.14. The van der Waals surface area contributed by atoms with Crippen molar-refractivity contribution in [3.05, 3.63) is 60.9 Å². The lowest BCUT2D eigenvalue weighted by molar-refractivity contribution is 0.0327. The minimum Gasteiger partial charge on any atom is -0.494 e. The van der Waals surface area contributed by atoms with Gasteiger partial charge in [-0.3, -0.25) is 0 Å². The third-order valence-electron chi connectivity index (χ3n) is 6.56. The van der Waals surface area contributed by atoms with Crippen LogP contribution in [0.3, 0.4) is 0 Å². The van der Waals surface area contributed by atoms with Gasteiger partial charge in [0.05, 0.1) is 12.7 Å². The molecule has 3 aromatic rings. The number of unbranched alkanes of at least 4 members (excludes halogenated alkanes) is 8. The fraction of sp³-hybridized carbons (Fsp3) is 0.515. The van der Waals surface area contributed by atoms with E-state index in [4.69, 9.17) is 14.2 Å². The van der Waals surface area contributed by atoms with Gasteiger partial charge in [0, 0.05) is 30.1 Å². The summed E-state index contributed by atoms with van der Waals surface area (Å²) in [6, 6.07) is 16.1. The van der Waals surface area contributed by atoms with Crippen LogP contribution in [0.5, 0.6) is 11.5 Å². The zero-order chi connectivity index (χ0) is 26.8. The molecule has 0 spiro atoms. The van der Waals surface area contributed by atoms with Crippen LogP contribution in [0.2, 0.25) is 0 Å². The van der Waals surface area contributed by atoms with E-state index in [9.17, 15) is 0 Å². The zero-order valence-corrected chi connectivity index (χ0v) is 23.7. The Morgan fingerprint density at radius 2 is 1.13 bits per heavy atom. The first kappa shape index (κ1) is 29.6. The Bertz CT molecular complexity index is 1000. The highest BCUT2D eigenvalue weighted by molar-refractivity contribution is 5.64. The van der Waals surface area contributed by atoms with Gasteiger partial charge in [0.1, 0.15) is 18.1 Å². The molecule has 38 heavy (non-hydrogen) atoms. The van der Waals surface area contributed by atoms with Gasteiger partial charge < -0.3 is 14.2 Å². The van der Waals surface area contributed by atoms with Crippen molar-refractivity contribution in [3.63, 3.8) is 0 Å². The first-order valence-corrected chi connectivity index (χ1v) is 14.6. The molecule has 0 amide bonds. The van der Waals surface area contributed by atoms with Crippen LogP contribution >= 0.6 is 0 Å². The number of ether oxygens (including phenoxy) is 3. The maximum absolute atomic E-state index is 5.94. The highest BCUT2D eigenvalue weighted by Gasteiger charge is 2.06. The lowest BCUT2D eigenvalue weighted by Crippen LogP contribution is -2.18. The summed E-state index contributed by atoms with van der Waals surface area (Å²) in [7, 11) is 0. The van der Waals surface area contributed by atoms with E-state index in [2.05, 4.69) is 35.9 Å². The smallest absolute Gasteiger partial charge is 0.159 e. The third kappa shape index (κ3) is 10.8. The van der Waals surface area contributed by atoms with Gasteiger partial charge in [0.25, 0.3) is 0 Å². The van der Waals surface area contributed by atoms with E-state index in [1.807, 2.05) is 55.7 Å². The van der Waals surface area contributed by atoms with Crippen LogP contribution in [0.15, 0.2) is 60.9 Å². The van der Waals surface area contributed by atoms with Crippen molar-refractivity contribution in [3.8, 4) is 34.0 Å². The molecule has 1 heterocycles. The number of hydrogen-bond acceptors (Lipinski definition) is 5. The molecule has 1 unspecified atom stereocenters. The fourth-order valence-electron chi connectivity index (χ4n) is 4.25. The Hall–Kier alpha value is -2.92. The second-order valence-corrected chi connectivity index (χ2v) is 10.0. The number of rotatable bonds is 19. The number of hydrogen-bond donors (Lipinski definition) is 0. The van der Waals surface area contributed by atoms with Crippen molar-refractivity contribution >= 4 is 0 Å². The fourth-order valence-corrected chi connectivity index (χ4v) is 4.25. The summed E-state index contributed by atoms with van der Waals surface area (Å²) in [5.74, 6) is 2.43. The maximum Gasteiger partial charge on any atom is 0.159 e. The summed E-state index contributed by atoms with van der Waals surface area (Å²) < 4.78 is 17.4. The normalized spacial score (nSPS) is 11.9. The third-order valence-corrected chi connectivity index (χ3v) is 6.56. The van der Waals surface area contributed by atoms with Crippen LogP contribution in [0, 0.1) is 0 Å². The van der Waals surface area contributed by atoms with Crippen LogP contribution in [0.25, 0.3) is 22.5 Å². The van der Waals surface area contributed by atoms with Crippen molar-refractivity contribution in [2.75, 3.05) is 19.8 Å². The molecule has 0 bridgehead atoms. The zero-order valence-electron chi connectivity index (χ0n) is 23.7. The van der Waals surface area contributed by atoms with Crippen molar-refractivity contribution in [1.29, 1.82) is 0 Å². The van der Waals surface area contributed by atoms with Crippen molar-refractivity contribution in [2.45, 2.75) is 91.1 Å². The molecule has 0 N–H and O–H groups in total. The Morgan fingerprint density at radius 1 is 0.579 bits per heavy atom. The second-order valence-electron chi connectivity index (χ2n) is 10.0. The summed E-state index contributed by atoms with van der Waals surface area (Å²) in [4.78, 5) is 9.18. The standard InChI is InChI=1S/C33H46N2O3/c1-4-6-7-8-9-10-11-12-13-23-37-31-18-14-28(15-19-31)30-24-34-33(35-25-30)29-16-20-32(21-17-29)38-26-27(3)36-22-5-2/h14-21,24-25,27H,4-13,22-23,26H2,1-3H3. The molecular formula is C33H46N2O3. The molecule has 0 saturated heterocycles. The van der Waals surface area contributed by atoms with Gasteiger partial charge in [0.2, 0.25) is 0 Å². The van der Waals surface area contributed by atoms with Crippen molar-refractivity contribution in [1.82, 2.24) is 9.97 Å². The predicted octanol–water partition coefficient (Wildman–Crippen LogP) is 8.91. The Morgan fingerprint density at radius 3 is 1.74 bits per heavy atom. The molecule has 5 heteroatoms. The summed E-state index contributed by atoms with van der Waals surface area (Å²) in [6.07, 6.45) is 16.7. The van der Waals surface area contributed by atoms with Crippen LogP contribution in [0.4, 0.5) is 0 Å². The Balaban J connectivity index is 1.39. The summed E-state index contributed by atoms with van der Waals surface area (Å²) in [5, 5.41) is 0. The molecule has 1 aromatic heterocycles.